The minimum absolute atomic E-state index is 0.0234. The third-order valence-corrected chi connectivity index (χ3v) is 6.44. The van der Waals surface area contributed by atoms with E-state index in [4.69, 9.17) is 0 Å². The van der Waals surface area contributed by atoms with Gasteiger partial charge in [-0.3, -0.25) is 14.5 Å². The molecule has 5 rings (SSSR count). The molecule has 1 aromatic carbocycles. The summed E-state index contributed by atoms with van der Waals surface area (Å²) in [5.74, 6) is -0.0281. The maximum atomic E-state index is 13.0. The highest BCUT2D eigenvalue weighted by Gasteiger charge is 2.59. The van der Waals surface area contributed by atoms with Gasteiger partial charge in [-0.15, -0.1) is 0 Å². The number of allylic oxidation sites excluding steroid dienone is 1. The zero-order valence-electron chi connectivity index (χ0n) is 13.9. The van der Waals surface area contributed by atoms with Gasteiger partial charge in [0.15, 0.2) is 0 Å². The largest absolute Gasteiger partial charge is 0.377 e. The zero-order valence-corrected chi connectivity index (χ0v) is 13.9. The summed E-state index contributed by atoms with van der Waals surface area (Å²) in [5.41, 5.74) is 5.14. The molecular weight excluding hydrogens is 300 g/mol. The Hall–Kier alpha value is -2.10. The number of amides is 2. The number of carbonyl (C=O) groups excluding carboxylic acids is 2. The fourth-order valence-electron chi connectivity index (χ4n) is 5.52. The maximum absolute atomic E-state index is 13.0. The summed E-state index contributed by atoms with van der Waals surface area (Å²) >= 11 is 0. The summed E-state index contributed by atoms with van der Waals surface area (Å²) in [6.45, 7) is 2.39. The van der Waals surface area contributed by atoms with E-state index in [-0.39, 0.29) is 35.6 Å². The first-order valence-electron chi connectivity index (χ1n) is 9.16. The molecule has 0 spiro atoms. The number of nitrogens with zero attached hydrogens (tertiary/aromatic N) is 1. The van der Waals surface area contributed by atoms with E-state index in [1.165, 1.54) is 28.0 Å². The Kier molecular flexibility index (Phi) is 2.94. The van der Waals surface area contributed by atoms with Crippen molar-refractivity contribution in [2.75, 3.05) is 11.9 Å². The van der Waals surface area contributed by atoms with Gasteiger partial charge in [0, 0.05) is 17.8 Å². The van der Waals surface area contributed by atoms with Crippen molar-refractivity contribution in [2.24, 2.45) is 17.8 Å². The van der Waals surface area contributed by atoms with Gasteiger partial charge in [-0.1, -0.05) is 30.2 Å². The topological polar surface area (TPSA) is 49.4 Å². The molecule has 4 nitrogen and oxygen atoms in total. The van der Waals surface area contributed by atoms with Gasteiger partial charge in [0.05, 0.1) is 17.9 Å². The van der Waals surface area contributed by atoms with Gasteiger partial charge < -0.3 is 5.32 Å². The molecule has 2 amide bonds. The van der Waals surface area contributed by atoms with Crippen molar-refractivity contribution in [1.82, 2.24) is 4.90 Å². The average molecular weight is 322 g/mol. The van der Waals surface area contributed by atoms with E-state index in [2.05, 4.69) is 23.5 Å². The number of benzene rings is 1. The minimum Gasteiger partial charge on any atom is -0.377 e. The van der Waals surface area contributed by atoms with Crippen molar-refractivity contribution in [1.29, 1.82) is 0 Å². The molecule has 1 aromatic rings. The molecule has 4 atom stereocenters. The van der Waals surface area contributed by atoms with Crippen molar-refractivity contribution < 1.29 is 9.59 Å². The van der Waals surface area contributed by atoms with Crippen molar-refractivity contribution in [3.8, 4) is 0 Å². The van der Waals surface area contributed by atoms with E-state index in [0.717, 1.165) is 24.9 Å². The van der Waals surface area contributed by atoms with Crippen LogP contribution < -0.4 is 5.32 Å². The number of para-hydroxylation sites is 1. The van der Waals surface area contributed by atoms with E-state index in [1.807, 2.05) is 13.0 Å². The normalized spacial score (nSPS) is 33.8. The van der Waals surface area contributed by atoms with Crippen LogP contribution in [0.1, 0.15) is 38.2 Å². The number of hydrogen-bond donors (Lipinski definition) is 1. The Morgan fingerprint density at radius 2 is 1.92 bits per heavy atom. The lowest BCUT2D eigenvalue weighted by atomic mass is 9.63. The quantitative estimate of drug-likeness (QED) is 0.809. The third-order valence-electron chi connectivity index (χ3n) is 6.44. The number of nitrogens with one attached hydrogen (secondary N) is 1. The molecule has 1 unspecified atom stereocenters. The molecule has 0 bridgehead atoms. The fraction of sp³-hybridized carbons (Fsp3) is 0.500. The molecule has 1 saturated heterocycles. The monoisotopic (exact) mass is 322 g/mol. The van der Waals surface area contributed by atoms with Gasteiger partial charge in [-0.25, -0.2) is 0 Å². The summed E-state index contributed by atoms with van der Waals surface area (Å²) in [6.07, 6.45) is 4.48. The predicted octanol–water partition coefficient (Wildman–Crippen LogP) is 3.06. The number of imide groups is 1. The first-order chi connectivity index (χ1) is 11.7. The van der Waals surface area contributed by atoms with E-state index in [1.54, 1.807) is 0 Å². The Labute approximate surface area is 141 Å². The number of rotatable bonds is 1. The van der Waals surface area contributed by atoms with Crippen LogP contribution >= 0.6 is 0 Å². The van der Waals surface area contributed by atoms with Gasteiger partial charge >= 0.3 is 0 Å². The SMILES string of the molecule is CCN1C(=O)[C@@H]2[C@@H]3CCCCC3=C3c4ccccc4NC3[C@@H]2C1=O. The number of carbonyl (C=O) groups is 2. The Balaban J connectivity index is 1.71. The number of anilines is 1. The van der Waals surface area contributed by atoms with E-state index < -0.39 is 0 Å². The molecule has 0 aromatic heterocycles. The summed E-state index contributed by atoms with van der Waals surface area (Å²) in [5, 5.41) is 3.58. The van der Waals surface area contributed by atoms with E-state index in [9.17, 15) is 9.59 Å². The fourth-order valence-corrected chi connectivity index (χ4v) is 5.52. The molecule has 2 aliphatic carbocycles. The standard InChI is InChI=1S/C20H22N2O2/c1-2-22-19(23)16-12-8-4-3-7-11(12)15-13-9-5-6-10-14(13)21-18(15)17(16)20(22)24/h5-6,9-10,12,16-18,21H,2-4,7-8H2,1H3/t12-,16-,17-,18?/m1/s1. The maximum Gasteiger partial charge on any atom is 0.235 e. The zero-order chi connectivity index (χ0) is 16.4. The lowest BCUT2D eigenvalue weighted by Gasteiger charge is -2.40. The molecule has 124 valence electrons. The summed E-state index contributed by atoms with van der Waals surface area (Å²) in [6, 6.07) is 8.33. The highest BCUT2D eigenvalue weighted by Crippen LogP contribution is 2.55. The van der Waals surface area contributed by atoms with Gasteiger partial charge in [0.25, 0.3) is 0 Å². The molecule has 2 fully saturated rings. The van der Waals surface area contributed by atoms with Crippen LogP contribution in [0.4, 0.5) is 5.69 Å². The molecule has 24 heavy (non-hydrogen) atoms. The summed E-state index contributed by atoms with van der Waals surface area (Å²) in [7, 11) is 0. The van der Waals surface area contributed by atoms with E-state index >= 15 is 0 Å². The molecule has 0 radical (unpaired) electrons. The van der Waals surface area contributed by atoms with E-state index in [0.29, 0.717) is 6.54 Å². The van der Waals surface area contributed by atoms with Crippen LogP contribution in [-0.2, 0) is 9.59 Å². The second kappa shape index (κ2) is 4.95. The smallest absolute Gasteiger partial charge is 0.235 e. The molecule has 4 heteroatoms. The molecule has 1 N–H and O–H groups in total. The van der Waals surface area contributed by atoms with Crippen LogP contribution in [0.15, 0.2) is 29.8 Å². The van der Waals surface area contributed by atoms with Crippen LogP contribution in [0.2, 0.25) is 0 Å². The van der Waals surface area contributed by atoms with Crippen molar-refractivity contribution in [3.05, 3.63) is 35.4 Å². The van der Waals surface area contributed by atoms with Crippen molar-refractivity contribution in [2.45, 2.75) is 38.6 Å². The van der Waals surface area contributed by atoms with Crippen LogP contribution in [0, 0.1) is 17.8 Å². The Bertz CT molecular complexity index is 782. The van der Waals surface area contributed by atoms with Crippen molar-refractivity contribution >= 4 is 23.1 Å². The number of fused-ring (bicyclic) bond motifs is 7. The van der Waals surface area contributed by atoms with Crippen molar-refractivity contribution in [3.63, 3.8) is 0 Å². The molecule has 2 aliphatic heterocycles. The predicted molar refractivity (Wildman–Crippen MR) is 92.1 cm³/mol. The first-order valence-corrected chi connectivity index (χ1v) is 9.16. The first kappa shape index (κ1) is 14.3. The second-order valence-corrected chi connectivity index (χ2v) is 7.43. The van der Waals surface area contributed by atoms with Crippen LogP contribution in [-0.4, -0.2) is 29.3 Å². The third kappa shape index (κ3) is 1.64. The number of hydrogen-bond acceptors (Lipinski definition) is 3. The van der Waals surface area contributed by atoms with Gasteiger partial charge in [-0.2, -0.15) is 0 Å². The highest BCUT2D eigenvalue weighted by atomic mass is 16.2. The molecule has 4 aliphatic rings. The van der Waals surface area contributed by atoms with Gasteiger partial charge in [0.1, 0.15) is 0 Å². The van der Waals surface area contributed by atoms with Gasteiger partial charge in [0.2, 0.25) is 11.8 Å². The van der Waals surface area contributed by atoms with Crippen LogP contribution in [0.5, 0.6) is 0 Å². The lowest BCUT2D eigenvalue weighted by Crippen LogP contribution is -2.43. The van der Waals surface area contributed by atoms with Gasteiger partial charge in [-0.05, 0) is 43.7 Å². The molecular formula is C20H22N2O2. The molecule has 1 saturated carbocycles. The summed E-state index contributed by atoms with van der Waals surface area (Å²) < 4.78 is 0. The number of likely N-dealkylation sites (tertiary alicyclic amines) is 1. The Morgan fingerprint density at radius 3 is 2.75 bits per heavy atom. The Morgan fingerprint density at radius 1 is 1.12 bits per heavy atom. The van der Waals surface area contributed by atoms with Crippen LogP contribution in [0.25, 0.3) is 5.57 Å². The minimum atomic E-state index is -0.230. The molecule has 2 heterocycles. The van der Waals surface area contributed by atoms with Crippen LogP contribution in [0.3, 0.4) is 0 Å². The lowest BCUT2D eigenvalue weighted by molar-refractivity contribution is -0.139. The summed E-state index contributed by atoms with van der Waals surface area (Å²) in [4.78, 5) is 27.4. The second-order valence-electron chi connectivity index (χ2n) is 7.43. The average Bonchev–Trinajstić information content (AvgIpc) is 3.11. The highest BCUT2D eigenvalue weighted by molar-refractivity contribution is 6.09.